The zero-order valence-corrected chi connectivity index (χ0v) is 16.9. The minimum Gasteiger partial charge on any atom is -0.355 e. The second-order valence-electron chi connectivity index (χ2n) is 8.16. The van der Waals surface area contributed by atoms with Crippen molar-refractivity contribution < 1.29 is 13.6 Å². The Morgan fingerprint density at radius 1 is 1.24 bits per heavy atom. The van der Waals surface area contributed by atoms with Crippen LogP contribution in [0.5, 0.6) is 0 Å². The average molecular weight is 423 g/mol. The Kier molecular flexibility index (Phi) is 5.62. The van der Waals surface area contributed by atoms with E-state index in [9.17, 15) is 13.6 Å². The van der Waals surface area contributed by atoms with E-state index in [0.29, 0.717) is 40.9 Å². The fourth-order valence-electron chi connectivity index (χ4n) is 4.20. The van der Waals surface area contributed by atoms with Gasteiger partial charge in [-0.2, -0.15) is 0 Å². The third-order valence-corrected chi connectivity index (χ3v) is 6.28. The topological polar surface area (TPSA) is 71.2 Å². The molecule has 1 aromatic heterocycles. The van der Waals surface area contributed by atoms with Crippen LogP contribution in [0.4, 0.5) is 14.6 Å². The van der Waals surface area contributed by atoms with Crippen molar-refractivity contribution in [2.75, 3.05) is 24.5 Å². The molecule has 0 radical (unpaired) electrons. The molecule has 8 heteroatoms. The number of pyridine rings is 1. The third-order valence-electron chi connectivity index (χ3n) is 5.97. The number of amides is 1. The van der Waals surface area contributed by atoms with E-state index in [0.717, 1.165) is 25.3 Å². The number of hydrogen-bond donors (Lipinski definition) is 2. The van der Waals surface area contributed by atoms with Crippen LogP contribution in [0.25, 0.3) is 10.9 Å². The summed E-state index contributed by atoms with van der Waals surface area (Å²) >= 11 is 6.33. The zero-order chi connectivity index (χ0) is 20.6. The fraction of sp³-hybridized carbons (Fsp3) is 0.524. The average Bonchev–Trinajstić information content (AvgIpc) is 3.13. The van der Waals surface area contributed by atoms with Gasteiger partial charge in [-0.25, -0.2) is 13.8 Å². The number of carbonyl (C=O) groups is 1. The van der Waals surface area contributed by atoms with Gasteiger partial charge in [-0.05, 0) is 49.4 Å². The Hall–Kier alpha value is -1.99. The maximum atomic E-state index is 13.3. The highest BCUT2D eigenvalue weighted by Gasteiger charge is 2.35. The maximum absolute atomic E-state index is 13.3. The first-order valence-electron chi connectivity index (χ1n) is 10.1. The van der Waals surface area contributed by atoms with Crippen LogP contribution in [-0.4, -0.2) is 42.5 Å². The van der Waals surface area contributed by atoms with Crippen LogP contribution in [0, 0.1) is 5.92 Å². The van der Waals surface area contributed by atoms with Gasteiger partial charge in [0, 0.05) is 43.9 Å². The molecule has 2 heterocycles. The number of halogens is 3. The highest BCUT2D eigenvalue weighted by atomic mass is 35.5. The summed E-state index contributed by atoms with van der Waals surface area (Å²) in [6.45, 7) is 2.00. The van der Waals surface area contributed by atoms with Crippen LogP contribution >= 0.6 is 11.6 Å². The zero-order valence-electron chi connectivity index (χ0n) is 16.1. The summed E-state index contributed by atoms with van der Waals surface area (Å²) in [5, 5.41) is 3.91. The molecule has 0 spiro atoms. The number of anilines is 1. The van der Waals surface area contributed by atoms with E-state index >= 15 is 0 Å². The number of carbonyl (C=O) groups excluding carboxylic acids is 1. The second-order valence-corrected chi connectivity index (χ2v) is 8.57. The summed E-state index contributed by atoms with van der Waals surface area (Å²) in [7, 11) is 0. The van der Waals surface area contributed by atoms with Crippen molar-refractivity contribution in [2.45, 2.75) is 44.1 Å². The van der Waals surface area contributed by atoms with E-state index in [-0.39, 0.29) is 30.7 Å². The number of hydrogen-bond acceptors (Lipinski definition) is 4. The van der Waals surface area contributed by atoms with E-state index in [1.54, 1.807) is 12.1 Å². The Bertz CT molecular complexity index is 913. The monoisotopic (exact) mass is 422 g/mol. The van der Waals surface area contributed by atoms with Crippen molar-refractivity contribution in [1.29, 1.82) is 0 Å². The van der Waals surface area contributed by atoms with Gasteiger partial charge in [-0.3, -0.25) is 4.79 Å². The van der Waals surface area contributed by atoms with Gasteiger partial charge in [0.15, 0.2) is 0 Å². The summed E-state index contributed by atoms with van der Waals surface area (Å²) in [4.78, 5) is 19.7. The highest BCUT2D eigenvalue weighted by molar-refractivity contribution is 6.35. The number of nitrogens with zero attached hydrogens (tertiary/aromatic N) is 2. The van der Waals surface area contributed by atoms with Gasteiger partial charge < -0.3 is 16.0 Å². The molecule has 0 bridgehead atoms. The molecule has 1 atom stereocenters. The van der Waals surface area contributed by atoms with Gasteiger partial charge in [0.1, 0.15) is 5.82 Å². The molecule has 4 rings (SSSR count). The van der Waals surface area contributed by atoms with Crippen LogP contribution in [-0.2, 0) is 0 Å². The molecule has 2 aliphatic rings. The molecule has 1 aliphatic heterocycles. The van der Waals surface area contributed by atoms with Gasteiger partial charge in [0.25, 0.3) is 5.91 Å². The van der Waals surface area contributed by atoms with Crippen LogP contribution in [0.15, 0.2) is 24.3 Å². The fourth-order valence-corrected chi connectivity index (χ4v) is 4.45. The maximum Gasteiger partial charge on any atom is 0.253 e. The number of aromatic nitrogens is 1. The largest absolute Gasteiger partial charge is 0.355 e. The Morgan fingerprint density at radius 2 is 2.00 bits per heavy atom. The SMILES string of the molecule is NC1CCN(c2ccc3c(C(=O)NCC4CCC(F)(F)CC4)c(Cl)ccc3n2)C1. The van der Waals surface area contributed by atoms with Gasteiger partial charge in [0.05, 0.1) is 16.1 Å². The molecule has 3 N–H and O–H groups in total. The number of rotatable bonds is 4. The summed E-state index contributed by atoms with van der Waals surface area (Å²) in [5.41, 5.74) is 7.05. The van der Waals surface area contributed by atoms with E-state index in [1.807, 2.05) is 12.1 Å². The number of nitrogens with two attached hydrogens (primary N) is 1. The predicted octanol–water partition coefficient (Wildman–Crippen LogP) is 3.98. The highest BCUT2D eigenvalue weighted by Crippen LogP contribution is 2.36. The molecule has 1 amide bonds. The molecular weight excluding hydrogens is 398 g/mol. The molecular formula is C21H25ClF2N4O. The molecule has 2 fully saturated rings. The van der Waals surface area contributed by atoms with Crippen molar-refractivity contribution >= 4 is 34.2 Å². The lowest BCUT2D eigenvalue weighted by Crippen LogP contribution is -2.34. The van der Waals surface area contributed by atoms with Crippen molar-refractivity contribution in [3.05, 3.63) is 34.9 Å². The molecule has 1 aliphatic carbocycles. The van der Waals surface area contributed by atoms with E-state index in [4.69, 9.17) is 22.3 Å². The van der Waals surface area contributed by atoms with Crippen LogP contribution < -0.4 is 16.0 Å². The minimum atomic E-state index is -2.57. The first-order valence-corrected chi connectivity index (χ1v) is 10.5. The lowest BCUT2D eigenvalue weighted by molar-refractivity contribution is -0.0452. The number of alkyl halides is 2. The number of nitrogens with one attached hydrogen (secondary N) is 1. The lowest BCUT2D eigenvalue weighted by Gasteiger charge is -2.28. The van der Waals surface area contributed by atoms with E-state index < -0.39 is 5.92 Å². The summed E-state index contributed by atoms with van der Waals surface area (Å²) in [6.07, 6.45) is 1.53. The molecule has 156 valence electrons. The summed E-state index contributed by atoms with van der Waals surface area (Å²) in [6, 6.07) is 7.38. The molecule has 1 aromatic carbocycles. The molecule has 1 saturated heterocycles. The molecule has 1 saturated carbocycles. The van der Waals surface area contributed by atoms with Crippen molar-refractivity contribution in [3.63, 3.8) is 0 Å². The molecule has 1 unspecified atom stereocenters. The summed E-state index contributed by atoms with van der Waals surface area (Å²) in [5.74, 6) is -1.96. The standard InChI is InChI=1S/C21H25ClF2N4O/c22-16-2-3-17-15(1-4-18(27-17)28-10-7-14(25)12-28)19(16)20(29)26-11-13-5-8-21(23,24)9-6-13/h1-4,13-14H,5-12,25H2,(H,26,29). The summed E-state index contributed by atoms with van der Waals surface area (Å²) < 4.78 is 26.6. The predicted molar refractivity (Wildman–Crippen MR) is 111 cm³/mol. The van der Waals surface area contributed by atoms with Crippen molar-refractivity contribution in [1.82, 2.24) is 10.3 Å². The molecule has 29 heavy (non-hydrogen) atoms. The smallest absolute Gasteiger partial charge is 0.253 e. The first-order chi connectivity index (χ1) is 13.8. The van der Waals surface area contributed by atoms with Crippen LogP contribution in [0.1, 0.15) is 42.5 Å². The Morgan fingerprint density at radius 3 is 2.69 bits per heavy atom. The van der Waals surface area contributed by atoms with Gasteiger partial charge in [-0.15, -0.1) is 0 Å². The van der Waals surface area contributed by atoms with Crippen molar-refractivity contribution in [2.24, 2.45) is 11.7 Å². The Labute approximate surface area is 173 Å². The van der Waals surface area contributed by atoms with Gasteiger partial charge >= 0.3 is 0 Å². The normalized spacial score (nSPS) is 22.2. The molecule has 2 aromatic rings. The molecule has 5 nitrogen and oxygen atoms in total. The van der Waals surface area contributed by atoms with Gasteiger partial charge in [-0.1, -0.05) is 11.6 Å². The van der Waals surface area contributed by atoms with Crippen LogP contribution in [0.3, 0.4) is 0 Å². The Balaban J connectivity index is 1.50. The van der Waals surface area contributed by atoms with Crippen LogP contribution in [0.2, 0.25) is 5.02 Å². The number of benzene rings is 1. The second kappa shape index (κ2) is 8.03. The van der Waals surface area contributed by atoms with Gasteiger partial charge in [0.2, 0.25) is 5.92 Å². The van der Waals surface area contributed by atoms with E-state index in [1.165, 1.54) is 0 Å². The minimum absolute atomic E-state index is 0.0661. The lowest BCUT2D eigenvalue weighted by atomic mass is 9.87. The number of fused-ring (bicyclic) bond motifs is 1. The quantitative estimate of drug-likeness (QED) is 0.781. The third kappa shape index (κ3) is 4.46. The van der Waals surface area contributed by atoms with Crippen molar-refractivity contribution in [3.8, 4) is 0 Å². The van der Waals surface area contributed by atoms with E-state index in [2.05, 4.69) is 10.2 Å². The first kappa shape index (κ1) is 20.3.